The molecule has 4 aromatic rings. The summed E-state index contributed by atoms with van der Waals surface area (Å²) >= 11 is 0. The van der Waals surface area contributed by atoms with E-state index in [-0.39, 0.29) is 24.9 Å². The molecule has 0 fully saturated rings. The predicted octanol–water partition coefficient (Wildman–Crippen LogP) is 4.16. The van der Waals surface area contributed by atoms with Crippen molar-refractivity contribution < 1.29 is 28.6 Å². The van der Waals surface area contributed by atoms with Crippen molar-refractivity contribution in [3.63, 3.8) is 0 Å². The molecule has 0 unspecified atom stereocenters. The zero-order valence-corrected chi connectivity index (χ0v) is 18.4. The Labute approximate surface area is 199 Å². The first-order valence-electron chi connectivity index (χ1n) is 10.7. The normalized spacial score (nSPS) is 12.7. The Bertz CT molecular complexity index is 1450. The molecule has 5 rings (SSSR count). The van der Waals surface area contributed by atoms with E-state index in [0.717, 1.165) is 11.1 Å². The summed E-state index contributed by atoms with van der Waals surface area (Å²) in [6, 6.07) is 16.2. The van der Waals surface area contributed by atoms with Crippen LogP contribution in [0.2, 0.25) is 0 Å². The quantitative estimate of drug-likeness (QED) is 0.307. The van der Waals surface area contributed by atoms with Gasteiger partial charge in [0.25, 0.3) is 5.91 Å². The molecule has 2 aromatic heterocycles. The van der Waals surface area contributed by atoms with E-state index in [4.69, 9.17) is 13.9 Å². The minimum absolute atomic E-state index is 0.133. The number of azo groups is 1. The summed E-state index contributed by atoms with van der Waals surface area (Å²) in [7, 11) is 0. The largest absolute Gasteiger partial charge is 0.493 e. The Kier molecular flexibility index (Phi) is 6.00. The van der Waals surface area contributed by atoms with Gasteiger partial charge in [0, 0.05) is 11.5 Å². The van der Waals surface area contributed by atoms with Gasteiger partial charge in [0.2, 0.25) is 18.6 Å². The highest BCUT2D eigenvalue weighted by Gasteiger charge is 2.19. The highest BCUT2D eigenvalue weighted by atomic mass is 16.7. The number of amides is 2. The molecule has 10 heteroatoms. The van der Waals surface area contributed by atoms with Gasteiger partial charge in [-0.2, -0.15) is 0 Å². The average molecular weight is 472 g/mol. The van der Waals surface area contributed by atoms with E-state index in [9.17, 15) is 14.7 Å². The Morgan fingerprint density at radius 2 is 1.94 bits per heavy atom. The number of rotatable bonds is 7. The van der Waals surface area contributed by atoms with Crippen LogP contribution in [0.25, 0.3) is 17.0 Å². The van der Waals surface area contributed by atoms with Crippen LogP contribution in [0.1, 0.15) is 11.3 Å². The van der Waals surface area contributed by atoms with Crippen LogP contribution in [0, 0.1) is 0 Å². The van der Waals surface area contributed by atoms with Crippen molar-refractivity contribution >= 4 is 34.5 Å². The lowest BCUT2D eigenvalue weighted by Gasteiger charge is -2.08. The van der Waals surface area contributed by atoms with Crippen molar-refractivity contribution in [3.8, 4) is 17.4 Å². The summed E-state index contributed by atoms with van der Waals surface area (Å²) in [6.45, 7) is 0.168. The fourth-order valence-corrected chi connectivity index (χ4v) is 3.66. The lowest BCUT2D eigenvalue weighted by Crippen LogP contribution is -2.26. The standard InChI is InChI=1S/C25H20N4O6/c30-22(10-8-17-4-3-11-33-17)26-13-23(31)27-28-24-18-5-1-2-6-19(18)29(25(24)32)14-16-7-9-20-21(12-16)35-15-34-20/h1-12,32H,13-15H2,(H,26,30). The van der Waals surface area contributed by atoms with Crippen LogP contribution in [0.4, 0.5) is 5.69 Å². The van der Waals surface area contributed by atoms with Gasteiger partial charge in [-0.1, -0.05) is 24.3 Å². The smallest absolute Gasteiger partial charge is 0.283 e. The summed E-state index contributed by atoms with van der Waals surface area (Å²) in [6.07, 6.45) is 4.22. The fraction of sp³-hybridized carbons (Fsp3) is 0.120. The third-order valence-corrected chi connectivity index (χ3v) is 5.31. The number of carbonyl (C=O) groups is 2. The van der Waals surface area contributed by atoms with Crippen LogP contribution in [0.5, 0.6) is 17.4 Å². The van der Waals surface area contributed by atoms with E-state index in [2.05, 4.69) is 15.5 Å². The number of hydrogen-bond acceptors (Lipinski definition) is 7. The van der Waals surface area contributed by atoms with E-state index < -0.39 is 11.8 Å². The molecule has 176 valence electrons. The summed E-state index contributed by atoms with van der Waals surface area (Å²) < 4.78 is 17.6. The number of nitrogens with one attached hydrogen (secondary N) is 1. The number of furan rings is 1. The Morgan fingerprint density at radius 1 is 1.09 bits per heavy atom. The highest BCUT2D eigenvalue weighted by molar-refractivity contribution is 5.96. The van der Waals surface area contributed by atoms with Crippen LogP contribution in [0.15, 0.2) is 81.6 Å². The molecule has 1 aliphatic heterocycles. The van der Waals surface area contributed by atoms with E-state index in [1.54, 1.807) is 28.8 Å². The molecule has 0 bridgehead atoms. The van der Waals surface area contributed by atoms with Crippen molar-refractivity contribution in [3.05, 3.63) is 78.3 Å². The number of aromatic hydroxyl groups is 1. The van der Waals surface area contributed by atoms with E-state index in [0.29, 0.717) is 29.2 Å². The molecule has 10 nitrogen and oxygen atoms in total. The number of nitrogens with zero attached hydrogens (tertiary/aromatic N) is 3. The van der Waals surface area contributed by atoms with Crippen LogP contribution in [-0.4, -0.2) is 34.8 Å². The van der Waals surface area contributed by atoms with E-state index >= 15 is 0 Å². The van der Waals surface area contributed by atoms with Crippen LogP contribution in [-0.2, 0) is 16.1 Å². The molecule has 0 radical (unpaired) electrons. The minimum atomic E-state index is -0.670. The third kappa shape index (κ3) is 4.76. The number of fused-ring (bicyclic) bond motifs is 2. The molecule has 2 N–H and O–H groups in total. The summed E-state index contributed by atoms with van der Waals surface area (Å²) in [5.41, 5.74) is 1.77. The fourth-order valence-electron chi connectivity index (χ4n) is 3.66. The number of benzene rings is 2. The number of hydrogen-bond donors (Lipinski definition) is 2. The second-order valence-electron chi connectivity index (χ2n) is 7.62. The lowest BCUT2D eigenvalue weighted by atomic mass is 10.2. The highest BCUT2D eigenvalue weighted by Crippen LogP contribution is 2.40. The molecule has 2 aromatic carbocycles. The zero-order valence-electron chi connectivity index (χ0n) is 18.4. The van der Waals surface area contributed by atoms with Crippen LogP contribution < -0.4 is 14.8 Å². The third-order valence-electron chi connectivity index (χ3n) is 5.31. The van der Waals surface area contributed by atoms with Gasteiger partial charge in [0.05, 0.1) is 18.3 Å². The van der Waals surface area contributed by atoms with Gasteiger partial charge in [-0.25, -0.2) is 0 Å². The van der Waals surface area contributed by atoms with E-state index in [1.165, 1.54) is 18.4 Å². The molecule has 1 aliphatic rings. The SMILES string of the molecule is O=C(CNC(=O)C=Cc1ccco1)N=Nc1c(O)n(Cc2ccc3c(c2)OCO3)c2ccccc12. The van der Waals surface area contributed by atoms with Gasteiger partial charge >= 0.3 is 0 Å². The van der Waals surface area contributed by atoms with Crippen molar-refractivity contribution in [2.45, 2.75) is 6.54 Å². The van der Waals surface area contributed by atoms with Crippen LogP contribution in [0.3, 0.4) is 0 Å². The van der Waals surface area contributed by atoms with Gasteiger partial charge in [0.15, 0.2) is 17.2 Å². The molecular weight excluding hydrogens is 452 g/mol. The Balaban J connectivity index is 1.30. The first-order chi connectivity index (χ1) is 17.1. The monoisotopic (exact) mass is 472 g/mol. The minimum Gasteiger partial charge on any atom is -0.493 e. The second kappa shape index (κ2) is 9.56. The molecule has 35 heavy (non-hydrogen) atoms. The molecule has 0 saturated heterocycles. The van der Waals surface area contributed by atoms with Crippen molar-refractivity contribution in [1.29, 1.82) is 0 Å². The van der Waals surface area contributed by atoms with Gasteiger partial charge in [-0.15, -0.1) is 10.2 Å². The summed E-state index contributed by atoms with van der Waals surface area (Å²) in [5, 5.41) is 21.6. The first kappa shape index (κ1) is 22.0. The molecule has 3 heterocycles. The van der Waals surface area contributed by atoms with Crippen LogP contribution >= 0.6 is 0 Å². The molecular formula is C25H20N4O6. The van der Waals surface area contributed by atoms with Gasteiger partial charge in [0.1, 0.15) is 12.3 Å². The zero-order chi connectivity index (χ0) is 24.2. The average Bonchev–Trinajstić information content (AvgIpc) is 3.61. The second-order valence-corrected chi connectivity index (χ2v) is 7.62. The van der Waals surface area contributed by atoms with Crippen molar-refractivity contribution in [2.24, 2.45) is 10.2 Å². The maximum Gasteiger partial charge on any atom is 0.283 e. The number of carbonyl (C=O) groups excluding carboxylic acids is 2. The number of ether oxygens (including phenoxy) is 2. The van der Waals surface area contributed by atoms with Gasteiger partial charge in [-0.05, 0) is 42.0 Å². The maximum atomic E-state index is 12.2. The predicted molar refractivity (Wildman–Crippen MR) is 126 cm³/mol. The maximum absolute atomic E-state index is 12.2. The van der Waals surface area contributed by atoms with Gasteiger partial charge in [-0.3, -0.25) is 9.59 Å². The van der Waals surface area contributed by atoms with Crippen molar-refractivity contribution in [2.75, 3.05) is 13.3 Å². The van der Waals surface area contributed by atoms with Crippen molar-refractivity contribution in [1.82, 2.24) is 9.88 Å². The van der Waals surface area contributed by atoms with E-state index in [1.807, 2.05) is 30.3 Å². The number of aromatic nitrogens is 1. The Morgan fingerprint density at radius 3 is 2.80 bits per heavy atom. The first-order valence-corrected chi connectivity index (χ1v) is 10.7. The number of para-hydroxylation sites is 1. The Hall–Kier alpha value is -4.86. The van der Waals surface area contributed by atoms with Gasteiger partial charge < -0.3 is 28.9 Å². The molecule has 0 aliphatic carbocycles. The summed E-state index contributed by atoms with van der Waals surface area (Å²) in [4.78, 5) is 24.0. The molecule has 0 spiro atoms. The topological polar surface area (TPSA) is 128 Å². The molecule has 2 amide bonds. The summed E-state index contributed by atoms with van der Waals surface area (Å²) in [5.74, 6) is 0.548. The molecule has 0 atom stereocenters. The lowest BCUT2D eigenvalue weighted by molar-refractivity contribution is -0.122. The molecule has 0 saturated carbocycles.